The van der Waals surface area contributed by atoms with E-state index in [1.807, 2.05) is 30.3 Å². The van der Waals surface area contributed by atoms with E-state index in [4.69, 9.17) is 11.6 Å². The first-order valence-electron chi connectivity index (χ1n) is 6.35. The zero-order valence-corrected chi connectivity index (χ0v) is 13.1. The van der Waals surface area contributed by atoms with Crippen LogP contribution in [-0.4, -0.2) is 38.4 Å². The van der Waals surface area contributed by atoms with Gasteiger partial charge >= 0.3 is 5.97 Å². The molecule has 2 aromatic heterocycles. The highest BCUT2D eigenvalue weighted by molar-refractivity contribution is 7.99. The van der Waals surface area contributed by atoms with E-state index in [1.54, 1.807) is 10.7 Å². The van der Waals surface area contributed by atoms with E-state index in [0.29, 0.717) is 16.0 Å². The first-order valence-corrected chi connectivity index (χ1v) is 7.71. The van der Waals surface area contributed by atoms with Crippen LogP contribution < -0.4 is 0 Å². The predicted molar refractivity (Wildman–Crippen MR) is 84.0 cm³/mol. The van der Waals surface area contributed by atoms with Crippen LogP contribution in [0.1, 0.15) is 0 Å². The van der Waals surface area contributed by atoms with Crippen LogP contribution in [0, 0.1) is 0 Å². The fourth-order valence-corrected chi connectivity index (χ4v) is 2.78. The van der Waals surface area contributed by atoms with Crippen molar-refractivity contribution in [1.82, 2.24) is 19.6 Å². The zero-order chi connectivity index (χ0) is 15.5. The lowest BCUT2D eigenvalue weighted by molar-refractivity contribution is -0.137. The summed E-state index contributed by atoms with van der Waals surface area (Å²) in [6, 6.07) is 9.30. The van der Waals surface area contributed by atoms with Crippen molar-refractivity contribution in [3.63, 3.8) is 0 Å². The summed E-state index contributed by atoms with van der Waals surface area (Å²) in [5, 5.41) is 5.45. The Labute approximate surface area is 135 Å². The van der Waals surface area contributed by atoms with Crippen LogP contribution in [0.5, 0.6) is 0 Å². The lowest BCUT2D eigenvalue weighted by Gasteiger charge is -2.05. The summed E-state index contributed by atoms with van der Waals surface area (Å²) >= 11 is 7.44. The molecule has 112 valence electrons. The third-order valence-electron chi connectivity index (χ3n) is 2.92. The molecule has 0 amide bonds. The van der Waals surface area contributed by atoms with Gasteiger partial charge in [-0.25, -0.2) is 4.98 Å². The van der Waals surface area contributed by atoms with Crippen molar-refractivity contribution in [2.75, 3.05) is 12.9 Å². The molecule has 0 aliphatic heterocycles. The number of benzene rings is 1. The molecule has 1 aromatic carbocycles. The van der Waals surface area contributed by atoms with Gasteiger partial charge in [-0.3, -0.25) is 4.79 Å². The molecule has 0 atom stereocenters. The smallest absolute Gasteiger partial charge is 0.316 e. The molecular weight excluding hydrogens is 324 g/mol. The van der Waals surface area contributed by atoms with Crippen molar-refractivity contribution in [3.05, 3.63) is 41.6 Å². The third kappa shape index (κ3) is 2.90. The van der Waals surface area contributed by atoms with Crippen LogP contribution in [0.3, 0.4) is 0 Å². The van der Waals surface area contributed by atoms with Gasteiger partial charge in [-0.05, 0) is 12.1 Å². The van der Waals surface area contributed by atoms with E-state index in [9.17, 15) is 4.79 Å². The second-order valence-electron chi connectivity index (χ2n) is 4.28. The van der Waals surface area contributed by atoms with Crippen LogP contribution >= 0.6 is 23.4 Å². The Hall–Kier alpha value is -2.12. The Morgan fingerprint density at radius 3 is 2.95 bits per heavy atom. The van der Waals surface area contributed by atoms with Crippen molar-refractivity contribution in [1.29, 1.82) is 0 Å². The highest BCUT2D eigenvalue weighted by Crippen LogP contribution is 2.27. The van der Waals surface area contributed by atoms with Gasteiger partial charge in [-0.15, -0.1) is 5.10 Å². The predicted octanol–water partition coefficient (Wildman–Crippen LogP) is 2.71. The molecule has 0 fully saturated rings. The van der Waals surface area contributed by atoms with Crippen molar-refractivity contribution in [2.45, 2.75) is 5.16 Å². The number of rotatable bonds is 4. The lowest BCUT2D eigenvalue weighted by Crippen LogP contribution is -2.03. The number of thioether (sulfide) groups is 1. The molecule has 0 unspecified atom stereocenters. The van der Waals surface area contributed by atoms with Crippen LogP contribution in [0.2, 0.25) is 5.02 Å². The number of hydrogen-bond acceptors (Lipinski definition) is 6. The molecule has 0 saturated heterocycles. The molecule has 0 aliphatic rings. The monoisotopic (exact) mass is 334 g/mol. The summed E-state index contributed by atoms with van der Waals surface area (Å²) < 4.78 is 6.21. The fourth-order valence-electron chi connectivity index (χ4n) is 1.89. The molecular formula is C14H11ClN4O2S. The molecule has 0 aliphatic carbocycles. The van der Waals surface area contributed by atoms with Gasteiger partial charge in [0.2, 0.25) is 5.16 Å². The summed E-state index contributed by atoms with van der Waals surface area (Å²) in [4.78, 5) is 19.7. The minimum Gasteiger partial charge on any atom is -0.468 e. The van der Waals surface area contributed by atoms with E-state index < -0.39 is 0 Å². The topological polar surface area (TPSA) is 69.4 Å². The lowest BCUT2D eigenvalue weighted by atomic mass is 10.1. The standard InChI is InChI=1S/C14H11ClN4O2S/c1-21-12(20)8-22-14-17-13-16-7-6-11(19(13)18-14)9-4-2-3-5-10(9)15/h2-7H,8H2,1H3. The van der Waals surface area contributed by atoms with E-state index in [2.05, 4.69) is 19.8 Å². The van der Waals surface area contributed by atoms with Crippen molar-refractivity contribution in [3.8, 4) is 11.3 Å². The van der Waals surface area contributed by atoms with Crippen molar-refractivity contribution in [2.24, 2.45) is 0 Å². The third-order valence-corrected chi connectivity index (χ3v) is 4.06. The maximum Gasteiger partial charge on any atom is 0.316 e. The SMILES string of the molecule is COC(=O)CSc1nc2nccc(-c3ccccc3Cl)n2n1. The zero-order valence-electron chi connectivity index (χ0n) is 11.6. The quantitative estimate of drug-likeness (QED) is 0.539. The van der Waals surface area contributed by atoms with E-state index >= 15 is 0 Å². The molecule has 0 saturated carbocycles. The molecule has 3 rings (SSSR count). The van der Waals surface area contributed by atoms with Crippen LogP contribution in [0.25, 0.3) is 17.0 Å². The Morgan fingerprint density at radius 2 is 2.18 bits per heavy atom. The van der Waals surface area contributed by atoms with Crippen LogP contribution in [0.4, 0.5) is 0 Å². The summed E-state index contributed by atoms with van der Waals surface area (Å²) in [5.41, 5.74) is 1.62. The first kappa shape index (κ1) is 14.8. The number of fused-ring (bicyclic) bond motifs is 1. The second kappa shape index (κ2) is 6.33. The van der Waals surface area contributed by atoms with Crippen molar-refractivity contribution < 1.29 is 9.53 Å². The summed E-state index contributed by atoms with van der Waals surface area (Å²) in [6.07, 6.45) is 1.65. The van der Waals surface area contributed by atoms with Gasteiger partial charge in [0, 0.05) is 16.8 Å². The van der Waals surface area contributed by atoms with E-state index in [-0.39, 0.29) is 11.7 Å². The van der Waals surface area contributed by atoms with Gasteiger partial charge in [0.05, 0.1) is 18.6 Å². The number of carbonyl (C=O) groups excluding carboxylic acids is 1. The molecule has 8 heteroatoms. The van der Waals surface area contributed by atoms with E-state index in [1.165, 1.54) is 18.9 Å². The number of nitrogens with zero attached hydrogens (tertiary/aromatic N) is 4. The maximum absolute atomic E-state index is 11.2. The molecule has 3 aromatic rings. The largest absolute Gasteiger partial charge is 0.468 e. The average molecular weight is 335 g/mol. The van der Waals surface area contributed by atoms with Gasteiger partial charge in [0.15, 0.2) is 0 Å². The minimum atomic E-state index is -0.330. The number of hydrogen-bond donors (Lipinski definition) is 0. The Bertz CT molecular complexity index is 837. The number of esters is 1. The van der Waals surface area contributed by atoms with Gasteiger partial charge in [0.25, 0.3) is 5.78 Å². The molecule has 6 nitrogen and oxygen atoms in total. The van der Waals surface area contributed by atoms with Gasteiger partial charge < -0.3 is 4.74 Å². The molecule has 0 N–H and O–H groups in total. The number of halogens is 1. The Balaban J connectivity index is 2.00. The maximum atomic E-state index is 11.2. The Kier molecular flexibility index (Phi) is 4.26. The summed E-state index contributed by atoms with van der Waals surface area (Å²) in [6.45, 7) is 0. The van der Waals surface area contributed by atoms with Gasteiger partial charge in [-0.2, -0.15) is 9.50 Å². The number of ether oxygens (including phenoxy) is 1. The molecule has 0 radical (unpaired) electrons. The molecule has 0 spiro atoms. The van der Waals surface area contributed by atoms with Gasteiger partial charge in [-0.1, -0.05) is 41.6 Å². The second-order valence-corrected chi connectivity index (χ2v) is 5.63. The molecule has 0 bridgehead atoms. The normalized spacial score (nSPS) is 10.8. The highest BCUT2D eigenvalue weighted by atomic mass is 35.5. The number of methoxy groups -OCH3 is 1. The fraction of sp³-hybridized carbons (Fsp3) is 0.143. The summed E-state index contributed by atoms with van der Waals surface area (Å²) in [7, 11) is 1.34. The van der Waals surface area contributed by atoms with Crippen molar-refractivity contribution >= 4 is 35.1 Å². The number of aromatic nitrogens is 4. The van der Waals surface area contributed by atoms with Crippen LogP contribution in [-0.2, 0) is 9.53 Å². The molecule has 2 heterocycles. The number of carbonyl (C=O) groups is 1. The van der Waals surface area contributed by atoms with Gasteiger partial charge in [0.1, 0.15) is 0 Å². The molecule has 22 heavy (non-hydrogen) atoms. The Morgan fingerprint density at radius 1 is 1.36 bits per heavy atom. The first-order chi connectivity index (χ1) is 10.7. The average Bonchev–Trinajstić information content (AvgIpc) is 2.96. The van der Waals surface area contributed by atoms with E-state index in [0.717, 1.165) is 11.3 Å². The van der Waals surface area contributed by atoms with Crippen LogP contribution in [0.15, 0.2) is 41.7 Å². The minimum absolute atomic E-state index is 0.148. The summed E-state index contributed by atoms with van der Waals surface area (Å²) in [5.74, 6) is 0.266. The highest BCUT2D eigenvalue weighted by Gasteiger charge is 2.13.